The number of hydrogen-bond donors (Lipinski definition) is 3. The summed E-state index contributed by atoms with van der Waals surface area (Å²) >= 11 is 0. The highest BCUT2D eigenvalue weighted by molar-refractivity contribution is 7.86. The third-order valence-corrected chi connectivity index (χ3v) is 4.09. The van der Waals surface area contributed by atoms with Crippen LogP contribution in [-0.4, -0.2) is 31.0 Å². The van der Waals surface area contributed by atoms with E-state index in [1.807, 2.05) is 0 Å². The fourth-order valence-electron chi connectivity index (χ4n) is 1.53. The van der Waals surface area contributed by atoms with Crippen LogP contribution in [-0.2, 0) is 20.2 Å². The van der Waals surface area contributed by atoms with Crippen molar-refractivity contribution >= 4 is 31.0 Å². The van der Waals surface area contributed by atoms with Gasteiger partial charge in [0.1, 0.15) is 10.6 Å². The van der Waals surface area contributed by atoms with Gasteiger partial charge in [-0.25, -0.2) is 0 Å². The molecule has 101 valence electrons. The molecule has 2 aromatic rings. The van der Waals surface area contributed by atoms with Gasteiger partial charge in [0.25, 0.3) is 20.2 Å². The van der Waals surface area contributed by atoms with Gasteiger partial charge in [-0.1, -0.05) is 6.07 Å². The third kappa shape index (κ3) is 2.68. The first-order chi connectivity index (χ1) is 8.59. The molecular formula is C10H7O7S2. The van der Waals surface area contributed by atoms with Crippen molar-refractivity contribution in [3.63, 3.8) is 0 Å². The van der Waals surface area contributed by atoms with Gasteiger partial charge in [-0.2, -0.15) is 16.8 Å². The predicted molar refractivity (Wildman–Crippen MR) is 64.1 cm³/mol. The second-order valence-electron chi connectivity index (χ2n) is 3.68. The van der Waals surface area contributed by atoms with Crippen LogP contribution in [0, 0.1) is 6.07 Å². The lowest BCUT2D eigenvalue weighted by molar-refractivity contribution is 0.443. The molecule has 0 unspecified atom stereocenters. The molecule has 0 aliphatic carbocycles. The van der Waals surface area contributed by atoms with E-state index >= 15 is 0 Å². The number of benzene rings is 2. The van der Waals surface area contributed by atoms with Crippen LogP contribution in [0.3, 0.4) is 0 Å². The second-order valence-corrected chi connectivity index (χ2v) is 6.49. The van der Waals surface area contributed by atoms with E-state index < -0.39 is 35.8 Å². The Bertz CT molecular complexity index is 866. The largest absolute Gasteiger partial charge is 0.506 e. The van der Waals surface area contributed by atoms with Crippen molar-refractivity contribution in [3.05, 3.63) is 30.3 Å². The first-order valence-corrected chi connectivity index (χ1v) is 7.61. The normalized spacial score (nSPS) is 12.7. The highest BCUT2D eigenvalue weighted by Gasteiger charge is 2.18. The zero-order valence-corrected chi connectivity index (χ0v) is 10.7. The molecule has 2 rings (SSSR count). The smallest absolute Gasteiger partial charge is 0.298 e. The van der Waals surface area contributed by atoms with Gasteiger partial charge < -0.3 is 5.11 Å². The molecule has 0 fully saturated rings. The molecule has 0 heterocycles. The van der Waals surface area contributed by atoms with Crippen molar-refractivity contribution in [2.45, 2.75) is 9.79 Å². The minimum Gasteiger partial charge on any atom is -0.506 e. The number of fused-ring (bicyclic) bond motifs is 1. The predicted octanol–water partition coefficient (Wildman–Crippen LogP) is 0.839. The summed E-state index contributed by atoms with van der Waals surface area (Å²) in [6, 6.07) is 6.46. The molecular weight excluding hydrogens is 296 g/mol. The average molecular weight is 303 g/mol. The first kappa shape index (κ1) is 13.7. The van der Waals surface area contributed by atoms with Gasteiger partial charge in [-0.15, -0.1) is 0 Å². The van der Waals surface area contributed by atoms with Gasteiger partial charge in [-0.05, 0) is 29.0 Å². The van der Waals surface area contributed by atoms with Gasteiger partial charge in [0.2, 0.25) is 0 Å². The van der Waals surface area contributed by atoms with Crippen LogP contribution >= 0.6 is 0 Å². The van der Waals surface area contributed by atoms with E-state index in [1.54, 1.807) is 0 Å². The Morgan fingerprint density at radius 3 is 2.11 bits per heavy atom. The molecule has 2 aromatic carbocycles. The molecule has 1 radical (unpaired) electrons. The average Bonchev–Trinajstić information content (AvgIpc) is 2.24. The molecule has 0 aliphatic heterocycles. The van der Waals surface area contributed by atoms with Crippen molar-refractivity contribution in [3.8, 4) is 5.75 Å². The van der Waals surface area contributed by atoms with Gasteiger partial charge in [0.15, 0.2) is 0 Å². The van der Waals surface area contributed by atoms with E-state index in [0.29, 0.717) is 0 Å². The number of phenols is 1. The van der Waals surface area contributed by atoms with E-state index in [2.05, 4.69) is 6.07 Å². The van der Waals surface area contributed by atoms with Crippen LogP contribution in [0.15, 0.2) is 34.1 Å². The summed E-state index contributed by atoms with van der Waals surface area (Å²) in [6.45, 7) is 0. The molecule has 7 nitrogen and oxygen atoms in total. The lowest BCUT2D eigenvalue weighted by Crippen LogP contribution is -2.00. The zero-order chi connectivity index (χ0) is 14.4. The molecule has 0 aliphatic rings. The van der Waals surface area contributed by atoms with Crippen molar-refractivity contribution in [1.29, 1.82) is 0 Å². The maximum atomic E-state index is 11.0. The second kappa shape index (κ2) is 4.17. The van der Waals surface area contributed by atoms with Crippen molar-refractivity contribution in [1.82, 2.24) is 0 Å². The Morgan fingerprint density at radius 2 is 1.58 bits per heavy atom. The Morgan fingerprint density at radius 1 is 0.947 bits per heavy atom. The summed E-state index contributed by atoms with van der Waals surface area (Å²) in [6.07, 6.45) is 0. The lowest BCUT2D eigenvalue weighted by atomic mass is 10.1. The SMILES string of the molecule is O=S(=O)(O)c1ccc2[c]c(O)c(S(=O)(=O)O)cc2c1. The molecule has 0 saturated heterocycles. The van der Waals surface area contributed by atoms with Crippen LogP contribution in [0.25, 0.3) is 10.8 Å². The summed E-state index contributed by atoms with van der Waals surface area (Å²) in [5.41, 5.74) is 0. The van der Waals surface area contributed by atoms with Crippen molar-refractivity contribution in [2.24, 2.45) is 0 Å². The highest BCUT2D eigenvalue weighted by atomic mass is 32.2. The Balaban J connectivity index is 2.83. The third-order valence-electron chi connectivity index (χ3n) is 2.37. The van der Waals surface area contributed by atoms with E-state index in [1.165, 1.54) is 6.07 Å². The van der Waals surface area contributed by atoms with Gasteiger partial charge in [0.05, 0.1) is 4.90 Å². The minimum atomic E-state index is -4.67. The molecule has 0 spiro atoms. The van der Waals surface area contributed by atoms with E-state index in [0.717, 1.165) is 18.2 Å². The molecule has 9 heteroatoms. The summed E-state index contributed by atoms with van der Waals surface area (Å²) in [5.74, 6) is -0.783. The van der Waals surface area contributed by atoms with Crippen molar-refractivity contribution < 1.29 is 31.0 Å². The van der Waals surface area contributed by atoms with E-state index in [4.69, 9.17) is 9.11 Å². The Labute approximate surface area is 108 Å². The van der Waals surface area contributed by atoms with E-state index in [9.17, 15) is 21.9 Å². The van der Waals surface area contributed by atoms with E-state index in [-0.39, 0.29) is 10.8 Å². The lowest BCUT2D eigenvalue weighted by Gasteiger charge is -2.05. The summed E-state index contributed by atoms with van der Waals surface area (Å²) < 4.78 is 61.6. The summed E-state index contributed by atoms with van der Waals surface area (Å²) in [4.78, 5) is -1.24. The van der Waals surface area contributed by atoms with Crippen LogP contribution in [0.5, 0.6) is 5.75 Å². The molecule has 0 aromatic heterocycles. The van der Waals surface area contributed by atoms with Gasteiger partial charge >= 0.3 is 0 Å². The summed E-state index contributed by atoms with van der Waals surface area (Å²) in [7, 11) is -9.11. The number of hydrogen-bond acceptors (Lipinski definition) is 5. The van der Waals surface area contributed by atoms with Gasteiger partial charge in [0, 0.05) is 6.07 Å². The number of phenolic OH excluding ortho intramolecular Hbond substituents is 1. The van der Waals surface area contributed by atoms with Crippen LogP contribution in [0.2, 0.25) is 0 Å². The highest BCUT2D eigenvalue weighted by Crippen LogP contribution is 2.29. The molecule has 19 heavy (non-hydrogen) atoms. The van der Waals surface area contributed by atoms with Crippen LogP contribution in [0.1, 0.15) is 0 Å². The maximum absolute atomic E-state index is 11.0. The summed E-state index contributed by atoms with van der Waals surface area (Å²) in [5, 5.41) is 9.70. The topological polar surface area (TPSA) is 129 Å². The number of rotatable bonds is 2. The van der Waals surface area contributed by atoms with Gasteiger partial charge in [-0.3, -0.25) is 9.11 Å². The Kier molecular flexibility index (Phi) is 3.01. The molecule has 3 N–H and O–H groups in total. The fraction of sp³-hybridized carbons (Fsp3) is 0. The monoisotopic (exact) mass is 303 g/mol. The molecule has 0 bridgehead atoms. The maximum Gasteiger partial charge on any atom is 0.298 e. The molecule has 0 saturated carbocycles. The minimum absolute atomic E-state index is 0.0700. The molecule has 0 atom stereocenters. The zero-order valence-electron chi connectivity index (χ0n) is 9.10. The standard InChI is InChI=1S/C10H7O7S2/c11-9-4-6-1-2-8(18(12,13)14)3-7(6)5-10(9)19(15,16)17/h1-3,5,11H,(H,12,13,14)(H,15,16,17). The van der Waals surface area contributed by atoms with Crippen LogP contribution < -0.4 is 0 Å². The molecule has 0 amide bonds. The quantitative estimate of drug-likeness (QED) is 0.701. The number of aromatic hydroxyl groups is 1. The Hall–Kier alpha value is -1.68. The van der Waals surface area contributed by atoms with Crippen LogP contribution in [0.4, 0.5) is 0 Å². The first-order valence-electron chi connectivity index (χ1n) is 4.73. The van der Waals surface area contributed by atoms with Crippen molar-refractivity contribution in [2.75, 3.05) is 0 Å². The fourth-order valence-corrected chi connectivity index (χ4v) is 2.62.